The Morgan fingerprint density at radius 3 is 2.67 bits per heavy atom. The second kappa shape index (κ2) is 6.32. The average Bonchev–Trinajstić information content (AvgIpc) is 3.07. The maximum Gasteiger partial charge on any atom is 0.231 e. The molecule has 0 fully saturated rings. The normalized spacial score (nSPS) is 14.3. The largest absolute Gasteiger partial charge is 0.363 e. The Morgan fingerprint density at radius 2 is 1.79 bits per heavy atom. The van der Waals surface area contributed by atoms with Gasteiger partial charge in [-0.1, -0.05) is 48.5 Å². The molecule has 0 aliphatic carbocycles. The van der Waals surface area contributed by atoms with Crippen LogP contribution < -0.4 is 10.2 Å². The summed E-state index contributed by atoms with van der Waals surface area (Å²) >= 11 is 0. The van der Waals surface area contributed by atoms with E-state index in [4.69, 9.17) is 4.98 Å². The molecule has 1 unspecified atom stereocenters. The number of nitrogens with zero attached hydrogens (tertiary/aromatic N) is 3. The lowest BCUT2D eigenvalue weighted by molar-refractivity contribution is 0.865. The molecule has 4 rings (SSSR count). The third kappa shape index (κ3) is 2.83. The fourth-order valence-corrected chi connectivity index (χ4v) is 3.15. The van der Waals surface area contributed by atoms with Crippen LogP contribution in [0, 0.1) is 0 Å². The molecule has 1 aromatic heterocycles. The Balaban J connectivity index is 1.57. The van der Waals surface area contributed by atoms with Gasteiger partial charge in [0.25, 0.3) is 0 Å². The SMILES string of the molecule is CC(Nc1ccnc(N2CCc3ccccc32)n1)c1ccccc1. The molecule has 2 heterocycles. The van der Waals surface area contributed by atoms with Crippen molar-refractivity contribution in [2.24, 2.45) is 0 Å². The topological polar surface area (TPSA) is 41.1 Å². The Morgan fingerprint density at radius 1 is 1.00 bits per heavy atom. The first-order chi connectivity index (χ1) is 11.8. The first-order valence-corrected chi connectivity index (χ1v) is 8.31. The summed E-state index contributed by atoms with van der Waals surface area (Å²) in [7, 11) is 0. The van der Waals surface area contributed by atoms with E-state index in [0.717, 1.165) is 24.7 Å². The minimum atomic E-state index is 0.194. The van der Waals surface area contributed by atoms with Crippen molar-refractivity contribution < 1.29 is 0 Å². The molecule has 4 heteroatoms. The molecule has 3 aromatic rings. The standard InChI is InChI=1S/C20H20N4/c1-15(16-7-3-2-4-8-16)22-19-11-13-21-20(23-19)24-14-12-17-9-5-6-10-18(17)24/h2-11,13,15H,12,14H2,1H3,(H,21,22,23). The van der Waals surface area contributed by atoms with E-state index in [9.17, 15) is 0 Å². The molecule has 1 atom stereocenters. The number of anilines is 3. The molecule has 2 aromatic carbocycles. The van der Waals surface area contributed by atoms with Gasteiger partial charge in [-0.25, -0.2) is 4.98 Å². The summed E-state index contributed by atoms with van der Waals surface area (Å²) in [5.74, 6) is 1.60. The van der Waals surface area contributed by atoms with Crippen molar-refractivity contribution in [3.8, 4) is 0 Å². The number of fused-ring (bicyclic) bond motifs is 1. The van der Waals surface area contributed by atoms with Gasteiger partial charge in [-0.05, 0) is 36.6 Å². The van der Waals surface area contributed by atoms with Crippen LogP contribution in [0.15, 0.2) is 66.9 Å². The zero-order valence-electron chi connectivity index (χ0n) is 13.7. The van der Waals surface area contributed by atoms with Crippen LogP contribution in [0.4, 0.5) is 17.5 Å². The molecular weight excluding hydrogens is 296 g/mol. The van der Waals surface area contributed by atoms with Gasteiger partial charge in [0.2, 0.25) is 5.95 Å². The summed E-state index contributed by atoms with van der Waals surface area (Å²) in [6, 6.07) is 21.0. The lowest BCUT2D eigenvalue weighted by Crippen LogP contribution is -2.17. The van der Waals surface area contributed by atoms with Gasteiger partial charge in [0, 0.05) is 24.5 Å². The summed E-state index contributed by atoms with van der Waals surface area (Å²) in [6.07, 6.45) is 2.86. The Hall–Kier alpha value is -2.88. The zero-order chi connectivity index (χ0) is 16.4. The smallest absolute Gasteiger partial charge is 0.231 e. The van der Waals surface area contributed by atoms with Gasteiger partial charge in [-0.2, -0.15) is 4.98 Å². The molecule has 1 aliphatic rings. The Kier molecular flexibility index (Phi) is 3.87. The summed E-state index contributed by atoms with van der Waals surface area (Å²) in [4.78, 5) is 11.4. The zero-order valence-corrected chi connectivity index (χ0v) is 13.7. The molecule has 0 radical (unpaired) electrons. The predicted octanol–water partition coefficient (Wildman–Crippen LogP) is 4.34. The van der Waals surface area contributed by atoms with Gasteiger partial charge in [0.15, 0.2) is 0 Å². The van der Waals surface area contributed by atoms with Gasteiger partial charge >= 0.3 is 0 Å². The summed E-state index contributed by atoms with van der Waals surface area (Å²) in [6.45, 7) is 3.07. The maximum absolute atomic E-state index is 4.72. The summed E-state index contributed by atoms with van der Waals surface area (Å²) in [5.41, 5.74) is 3.81. The van der Waals surface area contributed by atoms with Crippen LogP contribution in [0.5, 0.6) is 0 Å². The van der Waals surface area contributed by atoms with Crippen molar-refractivity contribution in [2.75, 3.05) is 16.8 Å². The molecule has 1 aliphatic heterocycles. The van der Waals surface area contributed by atoms with Gasteiger partial charge < -0.3 is 10.2 Å². The van der Waals surface area contributed by atoms with E-state index in [1.54, 1.807) is 0 Å². The average molecular weight is 316 g/mol. The molecule has 0 amide bonds. The Labute approximate surface area is 142 Å². The minimum absolute atomic E-state index is 0.194. The molecule has 0 spiro atoms. The van der Waals surface area contributed by atoms with Gasteiger partial charge in [0.1, 0.15) is 5.82 Å². The molecular formula is C20H20N4. The van der Waals surface area contributed by atoms with Gasteiger partial charge in [-0.15, -0.1) is 0 Å². The number of nitrogens with one attached hydrogen (secondary N) is 1. The van der Waals surface area contributed by atoms with Crippen LogP contribution >= 0.6 is 0 Å². The van der Waals surface area contributed by atoms with E-state index in [0.29, 0.717) is 0 Å². The van der Waals surface area contributed by atoms with E-state index in [2.05, 4.69) is 70.7 Å². The third-order valence-electron chi connectivity index (χ3n) is 4.44. The lowest BCUT2D eigenvalue weighted by Gasteiger charge is -2.19. The van der Waals surface area contributed by atoms with E-state index >= 15 is 0 Å². The number of hydrogen-bond donors (Lipinski definition) is 1. The van der Waals surface area contributed by atoms with E-state index in [-0.39, 0.29) is 6.04 Å². The minimum Gasteiger partial charge on any atom is -0.363 e. The fraction of sp³-hybridized carbons (Fsp3) is 0.200. The molecule has 4 nitrogen and oxygen atoms in total. The van der Waals surface area contributed by atoms with Gasteiger partial charge in [-0.3, -0.25) is 0 Å². The summed E-state index contributed by atoms with van der Waals surface area (Å²) < 4.78 is 0. The first-order valence-electron chi connectivity index (χ1n) is 8.31. The quantitative estimate of drug-likeness (QED) is 0.777. The summed E-state index contributed by atoms with van der Waals surface area (Å²) in [5, 5.41) is 3.47. The number of aromatic nitrogens is 2. The second-order valence-electron chi connectivity index (χ2n) is 6.05. The highest BCUT2D eigenvalue weighted by Gasteiger charge is 2.22. The van der Waals surface area contributed by atoms with E-state index in [1.165, 1.54) is 16.8 Å². The van der Waals surface area contributed by atoms with Gasteiger partial charge in [0.05, 0.1) is 0 Å². The lowest BCUT2D eigenvalue weighted by atomic mass is 10.1. The Bertz CT molecular complexity index is 832. The van der Waals surface area contributed by atoms with Crippen LogP contribution in [-0.2, 0) is 6.42 Å². The molecule has 1 N–H and O–H groups in total. The highest BCUT2D eigenvalue weighted by atomic mass is 15.3. The number of para-hydroxylation sites is 1. The molecule has 120 valence electrons. The van der Waals surface area contributed by atoms with E-state index in [1.807, 2.05) is 18.3 Å². The molecule has 24 heavy (non-hydrogen) atoms. The van der Waals surface area contributed by atoms with Crippen LogP contribution in [0.1, 0.15) is 24.1 Å². The predicted molar refractivity (Wildman–Crippen MR) is 97.7 cm³/mol. The van der Waals surface area contributed by atoms with Crippen molar-refractivity contribution >= 4 is 17.5 Å². The van der Waals surface area contributed by atoms with Crippen molar-refractivity contribution in [1.29, 1.82) is 0 Å². The van der Waals surface area contributed by atoms with Crippen LogP contribution in [0.3, 0.4) is 0 Å². The van der Waals surface area contributed by atoms with Crippen LogP contribution in [-0.4, -0.2) is 16.5 Å². The highest BCUT2D eigenvalue weighted by Crippen LogP contribution is 2.32. The molecule has 0 saturated carbocycles. The maximum atomic E-state index is 4.72. The van der Waals surface area contributed by atoms with Crippen molar-refractivity contribution in [3.63, 3.8) is 0 Å². The monoisotopic (exact) mass is 316 g/mol. The van der Waals surface area contributed by atoms with Crippen molar-refractivity contribution in [2.45, 2.75) is 19.4 Å². The molecule has 0 bridgehead atoms. The fourth-order valence-electron chi connectivity index (χ4n) is 3.15. The third-order valence-corrected chi connectivity index (χ3v) is 4.44. The van der Waals surface area contributed by atoms with E-state index < -0.39 is 0 Å². The van der Waals surface area contributed by atoms with Crippen molar-refractivity contribution in [1.82, 2.24) is 9.97 Å². The highest BCUT2D eigenvalue weighted by molar-refractivity contribution is 5.66. The number of hydrogen-bond acceptors (Lipinski definition) is 4. The molecule has 0 saturated heterocycles. The van der Waals surface area contributed by atoms with Crippen LogP contribution in [0.2, 0.25) is 0 Å². The first kappa shape index (κ1) is 14.7. The van der Waals surface area contributed by atoms with Crippen LogP contribution in [0.25, 0.3) is 0 Å². The second-order valence-corrected chi connectivity index (χ2v) is 6.05. The number of benzene rings is 2. The number of rotatable bonds is 4. The van der Waals surface area contributed by atoms with Crippen molar-refractivity contribution in [3.05, 3.63) is 78.0 Å².